The van der Waals surface area contributed by atoms with Crippen LogP contribution in [0.2, 0.25) is 5.02 Å². The first-order valence-electron chi connectivity index (χ1n) is 11.8. The van der Waals surface area contributed by atoms with Gasteiger partial charge in [0.15, 0.2) is 0 Å². The van der Waals surface area contributed by atoms with E-state index in [4.69, 9.17) is 22.3 Å². The Balaban J connectivity index is 1.43. The molecule has 2 aromatic heterocycles. The van der Waals surface area contributed by atoms with Gasteiger partial charge in [-0.3, -0.25) is 4.98 Å². The molecule has 4 nitrogen and oxygen atoms in total. The second-order valence-electron chi connectivity index (χ2n) is 9.29. The first-order valence-corrected chi connectivity index (χ1v) is 12.2. The lowest BCUT2D eigenvalue weighted by Gasteiger charge is -2.25. The van der Waals surface area contributed by atoms with Crippen LogP contribution >= 0.6 is 11.6 Å². The third-order valence-electron chi connectivity index (χ3n) is 6.87. The van der Waals surface area contributed by atoms with Crippen molar-refractivity contribution in [1.29, 1.82) is 0 Å². The molecule has 0 spiro atoms. The zero-order valence-electron chi connectivity index (χ0n) is 18.0. The highest BCUT2D eigenvalue weighted by Crippen LogP contribution is 2.31. The molecule has 0 amide bonds. The van der Waals surface area contributed by atoms with Crippen molar-refractivity contribution in [2.45, 2.75) is 76.7 Å². The maximum atomic E-state index is 6.52. The number of anilines is 1. The molecule has 3 N–H and O–H groups in total. The molecule has 0 radical (unpaired) electrons. The fourth-order valence-corrected chi connectivity index (χ4v) is 5.18. The molecule has 0 aliphatic heterocycles. The van der Waals surface area contributed by atoms with Gasteiger partial charge in [0.05, 0.1) is 10.7 Å². The summed E-state index contributed by atoms with van der Waals surface area (Å²) in [6.45, 7) is 1.01. The first kappa shape index (κ1) is 21.6. The minimum atomic E-state index is 0.382. The number of pyridine rings is 2. The van der Waals surface area contributed by atoms with E-state index in [-0.39, 0.29) is 0 Å². The summed E-state index contributed by atoms with van der Waals surface area (Å²) >= 11 is 6.52. The largest absolute Gasteiger partial charge is 0.370 e. The van der Waals surface area contributed by atoms with Crippen molar-refractivity contribution in [3.63, 3.8) is 0 Å². The van der Waals surface area contributed by atoms with E-state index < -0.39 is 0 Å². The van der Waals surface area contributed by atoms with Crippen LogP contribution < -0.4 is 11.1 Å². The summed E-state index contributed by atoms with van der Waals surface area (Å²) in [6, 6.07) is 8.68. The Morgan fingerprint density at radius 3 is 2.50 bits per heavy atom. The van der Waals surface area contributed by atoms with Crippen LogP contribution in [0.15, 0.2) is 30.5 Å². The molecule has 30 heavy (non-hydrogen) atoms. The summed E-state index contributed by atoms with van der Waals surface area (Å²) in [7, 11) is 0. The first-order chi connectivity index (χ1) is 14.7. The minimum Gasteiger partial charge on any atom is -0.370 e. The van der Waals surface area contributed by atoms with Gasteiger partial charge in [0.25, 0.3) is 0 Å². The Hall–Kier alpha value is -1.65. The third kappa shape index (κ3) is 5.95. The topological polar surface area (TPSA) is 63.8 Å². The van der Waals surface area contributed by atoms with Gasteiger partial charge in [-0.1, -0.05) is 43.4 Å². The summed E-state index contributed by atoms with van der Waals surface area (Å²) in [5.41, 5.74) is 9.06. The summed E-state index contributed by atoms with van der Waals surface area (Å²) in [4.78, 5) is 9.47. The third-order valence-corrected chi connectivity index (χ3v) is 7.17. The lowest BCUT2D eigenvalue weighted by molar-refractivity contribution is 0.323. The smallest absolute Gasteiger partial charge is 0.126 e. The Kier molecular flexibility index (Phi) is 7.62. The van der Waals surface area contributed by atoms with Crippen molar-refractivity contribution in [2.24, 2.45) is 17.6 Å². The lowest BCUT2D eigenvalue weighted by Crippen LogP contribution is -2.27. The predicted molar refractivity (Wildman–Crippen MR) is 126 cm³/mol. The van der Waals surface area contributed by atoms with Gasteiger partial charge in [-0.05, 0) is 75.0 Å². The van der Waals surface area contributed by atoms with Crippen LogP contribution in [0.5, 0.6) is 0 Å². The second kappa shape index (κ2) is 10.6. The molecule has 2 aliphatic rings. The van der Waals surface area contributed by atoms with E-state index in [1.54, 1.807) is 6.20 Å². The Labute approximate surface area is 186 Å². The zero-order valence-corrected chi connectivity index (χ0v) is 18.7. The Morgan fingerprint density at radius 2 is 1.73 bits per heavy atom. The standard InChI is InChI=1S/C25H35ClN4/c26-23-17-28-21(14-18-10-12-20(27)13-11-18)15-22(23)24-8-5-9-25(30-24)29-16-19-6-3-1-2-4-7-19/h5,8-9,15,17-20H,1-4,6-7,10-14,16,27H2,(H,29,30). The van der Waals surface area contributed by atoms with Crippen molar-refractivity contribution in [3.8, 4) is 11.3 Å². The van der Waals surface area contributed by atoms with Gasteiger partial charge in [0.2, 0.25) is 0 Å². The molecule has 2 heterocycles. The molecule has 4 rings (SSSR count). The van der Waals surface area contributed by atoms with Gasteiger partial charge >= 0.3 is 0 Å². The van der Waals surface area contributed by atoms with Crippen LogP contribution in [-0.2, 0) is 6.42 Å². The van der Waals surface area contributed by atoms with Gasteiger partial charge in [-0.25, -0.2) is 4.98 Å². The number of hydrogen-bond acceptors (Lipinski definition) is 4. The van der Waals surface area contributed by atoms with E-state index in [9.17, 15) is 0 Å². The zero-order chi connectivity index (χ0) is 20.8. The second-order valence-corrected chi connectivity index (χ2v) is 9.69. The Bertz CT molecular complexity index is 809. The van der Waals surface area contributed by atoms with Gasteiger partial charge in [-0.15, -0.1) is 0 Å². The van der Waals surface area contributed by atoms with Crippen LogP contribution in [0.3, 0.4) is 0 Å². The van der Waals surface area contributed by atoms with Crippen LogP contribution in [-0.4, -0.2) is 22.6 Å². The molecular formula is C25H35ClN4. The van der Waals surface area contributed by atoms with E-state index >= 15 is 0 Å². The quantitative estimate of drug-likeness (QED) is 0.536. The molecule has 0 atom stereocenters. The molecule has 0 bridgehead atoms. The van der Waals surface area contributed by atoms with Crippen LogP contribution in [0.25, 0.3) is 11.3 Å². The van der Waals surface area contributed by atoms with Gasteiger partial charge in [0.1, 0.15) is 5.82 Å². The molecule has 0 unspecified atom stereocenters. The molecule has 2 fully saturated rings. The van der Waals surface area contributed by atoms with Gasteiger partial charge < -0.3 is 11.1 Å². The fraction of sp³-hybridized carbons (Fsp3) is 0.600. The summed E-state index contributed by atoms with van der Waals surface area (Å²) in [5.74, 6) is 2.37. The maximum absolute atomic E-state index is 6.52. The number of nitrogens with zero attached hydrogens (tertiary/aromatic N) is 2. The molecule has 0 aromatic carbocycles. The maximum Gasteiger partial charge on any atom is 0.126 e. The van der Waals surface area contributed by atoms with Crippen molar-refractivity contribution < 1.29 is 0 Å². The number of nitrogens with two attached hydrogens (primary N) is 1. The molecule has 2 aliphatic carbocycles. The SMILES string of the molecule is NC1CCC(Cc2cc(-c3cccc(NCC4CCCCCC4)n3)c(Cl)cn2)CC1. The molecule has 2 aromatic rings. The number of halogens is 1. The molecule has 0 saturated heterocycles. The number of nitrogens with one attached hydrogen (secondary N) is 1. The molecule has 5 heteroatoms. The Morgan fingerprint density at radius 1 is 0.967 bits per heavy atom. The van der Waals surface area contributed by atoms with E-state index in [1.165, 1.54) is 51.4 Å². The highest BCUT2D eigenvalue weighted by Gasteiger charge is 2.20. The predicted octanol–water partition coefficient (Wildman–Crippen LogP) is 6.24. The number of rotatable bonds is 6. The fourth-order valence-electron chi connectivity index (χ4n) is 4.98. The van der Waals surface area contributed by atoms with Gasteiger partial charge in [0, 0.05) is 30.0 Å². The summed E-state index contributed by atoms with van der Waals surface area (Å²) in [5, 5.41) is 4.24. The molecule has 2 saturated carbocycles. The normalized spacial score (nSPS) is 23.1. The van der Waals surface area contributed by atoms with E-state index in [0.717, 1.165) is 54.5 Å². The monoisotopic (exact) mass is 426 g/mol. The summed E-state index contributed by atoms with van der Waals surface area (Å²) in [6.07, 6.45) is 15.6. The molecular weight excluding hydrogens is 392 g/mol. The molecule has 162 valence electrons. The lowest BCUT2D eigenvalue weighted by atomic mass is 9.83. The van der Waals surface area contributed by atoms with Gasteiger partial charge in [-0.2, -0.15) is 0 Å². The van der Waals surface area contributed by atoms with Crippen LogP contribution in [0, 0.1) is 11.8 Å². The van der Waals surface area contributed by atoms with E-state index in [0.29, 0.717) is 17.0 Å². The number of aromatic nitrogens is 2. The van der Waals surface area contributed by atoms with Crippen molar-refractivity contribution in [1.82, 2.24) is 9.97 Å². The van der Waals surface area contributed by atoms with Crippen LogP contribution in [0.1, 0.15) is 69.9 Å². The number of hydrogen-bond donors (Lipinski definition) is 2. The van der Waals surface area contributed by atoms with Crippen molar-refractivity contribution in [3.05, 3.63) is 41.2 Å². The average Bonchev–Trinajstić information content (AvgIpc) is 3.04. The van der Waals surface area contributed by atoms with Crippen LogP contribution in [0.4, 0.5) is 5.82 Å². The minimum absolute atomic E-state index is 0.382. The average molecular weight is 427 g/mol. The van der Waals surface area contributed by atoms with E-state index in [2.05, 4.69) is 28.5 Å². The van der Waals surface area contributed by atoms with E-state index in [1.807, 2.05) is 6.07 Å². The van der Waals surface area contributed by atoms with Crippen molar-refractivity contribution >= 4 is 17.4 Å². The van der Waals surface area contributed by atoms with Crippen molar-refractivity contribution in [2.75, 3.05) is 11.9 Å². The summed E-state index contributed by atoms with van der Waals surface area (Å²) < 4.78 is 0. The highest BCUT2D eigenvalue weighted by atomic mass is 35.5. The highest BCUT2D eigenvalue weighted by molar-refractivity contribution is 6.33.